The Morgan fingerprint density at radius 1 is 1.20 bits per heavy atom. The maximum Gasteiger partial charge on any atom is 0.0569 e. The summed E-state index contributed by atoms with van der Waals surface area (Å²) < 4.78 is 0. The molecule has 2 N–H and O–H groups in total. The molecule has 88 valence electrons. The lowest BCUT2D eigenvalue weighted by atomic mass is 9.70. The van der Waals surface area contributed by atoms with E-state index >= 15 is 0 Å². The van der Waals surface area contributed by atoms with Crippen molar-refractivity contribution >= 4 is 0 Å². The molecule has 0 amide bonds. The van der Waals surface area contributed by atoms with E-state index in [2.05, 4.69) is 19.2 Å². The quantitative estimate of drug-likeness (QED) is 0.734. The van der Waals surface area contributed by atoms with Crippen LogP contribution in [0.1, 0.15) is 52.4 Å². The standard InChI is InChI=1S/C13H25NO/c1-3-4-10-5-6-11-9(2)13(15)8-7-12(11)14-10/h9-15H,3-8H2,1-2H3/t9-,10-,11-,12+,13+/m1/s1. The van der Waals surface area contributed by atoms with Gasteiger partial charge in [-0.05, 0) is 43.9 Å². The number of aliphatic hydroxyl groups is 1. The van der Waals surface area contributed by atoms with Crippen LogP contribution in [0.3, 0.4) is 0 Å². The molecule has 2 rings (SSSR count). The second-order valence-corrected chi connectivity index (χ2v) is 5.50. The van der Waals surface area contributed by atoms with Crippen LogP contribution in [0.4, 0.5) is 0 Å². The molecule has 0 bridgehead atoms. The minimum absolute atomic E-state index is 0.0456. The Labute approximate surface area is 93.5 Å². The summed E-state index contributed by atoms with van der Waals surface area (Å²) in [5.41, 5.74) is 0. The molecule has 2 heteroatoms. The van der Waals surface area contributed by atoms with Gasteiger partial charge in [-0.25, -0.2) is 0 Å². The molecule has 0 radical (unpaired) electrons. The van der Waals surface area contributed by atoms with Crippen molar-refractivity contribution in [1.29, 1.82) is 0 Å². The van der Waals surface area contributed by atoms with Gasteiger partial charge in [0.2, 0.25) is 0 Å². The molecular formula is C13H25NO. The van der Waals surface area contributed by atoms with Crippen molar-refractivity contribution < 1.29 is 5.11 Å². The monoisotopic (exact) mass is 211 g/mol. The van der Waals surface area contributed by atoms with Crippen molar-refractivity contribution in [3.63, 3.8) is 0 Å². The number of hydrogen-bond acceptors (Lipinski definition) is 2. The average Bonchev–Trinajstić information content (AvgIpc) is 2.24. The molecule has 2 aliphatic rings. The molecule has 1 heterocycles. The fraction of sp³-hybridized carbons (Fsp3) is 1.00. The van der Waals surface area contributed by atoms with Gasteiger partial charge in [0.15, 0.2) is 0 Å². The largest absolute Gasteiger partial charge is 0.393 e. The van der Waals surface area contributed by atoms with Gasteiger partial charge in [0.1, 0.15) is 0 Å². The van der Waals surface area contributed by atoms with E-state index in [0.29, 0.717) is 12.0 Å². The summed E-state index contributed by atoms with van der Waals surface area (Å²) in [6.07, 6.45) is 7.36. The molecule has 0 aromatic heterocycles. The lowest BCUT2D eigenvalue weighted by Crippen LogP contribution is -2.53. The highest BCUT2D eigenvalue weighted by Gasteiger charge is 2.39. The van der Waals surface area contributed by atoms with E-state index in [0.717, 1.165) is 18.4 Å². The van der Waals surface area contributed by atoms with E-state index in [1.807, 2.05) is 0 Å². The number of fused-ring (bicyclic) bond motifs is 1. The summed E-state index contributed by atoms with van der Waals surface area (Å²) in [5, 5.41) is 13.7. The van der Waals surface area contributed by atoms with Gasteiger partial charge in [-0.2, -0.15) is 0 Å². The Balaban J connectivity index is 1.92. The van der Waals surface area contributed by atoms with Crippen molar-refractivity contribution in [1.82, 2.24) is 5.32 Å². The number of piperidine rings is 1. The van der Waals surface area contributed by atoms with Crippen molar-refractivity contribution in [3.05, 3.63) is 0 Å². The Hall–Kier alpha value is -0.0800. The second kappa shape index (κ2) is 4.84. The van der Waals surface area contributed by atoms with Crippen LogP contribution in [-0.4, -0.2) is 23.3 Å². The summed E-state index contributed by atoms with van der Waals surface area (Å²) in [5.74, 6) is 1.22. The van der Waals surface area contributed by atoms with Gasteiger partial charge in [-0.15, -0.1) is 0 Å². The number of hydrogen-bond donors (Lipinski definition) is 2. The van der Waals surface area contributed by atoms with Crippen molar-refractivity contribution in [2.75, 3.05) is 0 Å². The van der Waals surface area contributed by atoms with Crippen LogP contribution in [0.15, 0.2) is 0 Å². The van der Waals surface area contributed by atoms with Gasteiger partial charge < -0.3 is 10.4 Å². The van der Waals surface area contributed by atoms with Gasteiger partial charge in [-0.3, -0.25) is 0 Å². The minimum Gasteiger partial charge on any atom is -0.393 e. The zero-order valence-corrected chi connectivity index (χ0v) is 10.1. The molecule has 0 spiro atoms. The Morgan fingerprint density at radius 2 is 2.00 bits per heavy atom. The van der Waals surface area contributed by atoms with Gasteiger partial charge in [0, 0.05) is 12.1 Å². The van der Waals surface area contributed by atoms with E-state index in [9.17, 15) is 5.11 Å². The Bertz CT molecular complexity index is 207. The predicted molar refractivity (Wildman–Crippen MR) is 62.7 cm³/mol. The van der Waals surface area contributed by atoms with Crippen LogP contribution >= 0.6 is 0 Å². The molecule has 0 aromatic carbocycles. The van der Waals surface area contributed by atoms with E-state index in [1.165, 1.54) is 32.1 Å². The third kappa shape index (κ3) is 2.36. The summed E-state index contributed by atoms with van der Waals surface area (Å²) in [4.78, 5) is 0. The van der Waals surface area contributed by atoms with Gasteiger partial charge >= 0.3 is 0 Å². The molecule has 1 aliphatic heterocycles. The highest BCUT2D eigenvalue weighted by Crippen LogP contribution is 2.37. The highest BCUT2D eigenvalue weighted by molar-refractivity contribution is 4.94. The molecule has 15 heavy (non-hydrogen) atoms. The first-order valence-corrected chi connectivity index (χ1v) is 6.66. The van der Waals surface area contributed by atoms with Crippen molar-refractivity contribution in [2.24, 2.45) is 11.8 Å². The minimum atomic E-state index is -0.0456. The molecule has 1 aliphatic carbocycles. The molecule has 1 saturated heterocycles. The fourth-order valence-corrected chi connectivity index (χ4v) is 3.51. The van der Waals surface area contributed by atoms with Gasteiger partial charge in [0.25, 0.3) is 0 Å². The molecule has 2 fully saturated rings. The normalized spacial score (nSPS) is 46.2. The SMILES string of the molecule is CCC[C@@H]1CC[C@@H]2[C@@H](C)[C@@H](O)CC[C@@H]2N1. The first-order chi connectivity index (χ1) is 7.22. The third-order valence-corrected chi connectivity index (χ3v) is 4.51. The number of aliphatic hydroxyl groups excluding tert-OH is 1. The predicted octanol–water partition coefficient (Wildman–Crippen LogP) is 2.31. The first-order valence-electron chi connectivity index (χ1n) is 6.66. The Kier molecular flexibility index (Phi) is 3.68. The molecule has 5 atom stereocenters. The summed E-state index contributed by atoms with van der Waals surface area (Å²) in [7, 11) is 0. The maximum atomic E-state index is 9.86. The Morgan fingerprint density at radius 3 is 2.73 bits per heavy atom. The van der Waals surface area contributed by atoms with Crippen molar-refractivity contribution in [3.8, 4) is 0 Å². The first kappa shape index (κ1) is 11.4. The van der Waals surface area contributed by atoms with E-state index in [-0.39, 0.29) is 6.10 Å². The maximum absolute atomic E-state index is 9.86. The topological polar surface area (TPSA) is 32.3 Å². The van der Waals surface area contributed by atoms with Crippen LogP contribution in [0, 0.1) is 11.8 Å². The molecule has 0 unspecified atom stereocenters. The summed E-state index contributed by atoms with van der Waals surface area (Å²) >= 11 is 0. The second-order valence-electron chi connectivity index (χ2n) is 5.50. The molecule has 1 saturated carbocycles. The third-order valence-electron chi connectivity index (χ3n) is 4.51. The van der Waals surface area contributed by atoms with E-state index in [4.69, 9.17) is 0 Å². The average molecular weight is 211 g/mol. The van der Waals surface area contributed by atoms with E-state index < -0.39 is 0 Å². The summed E-state index contributed by atoms with van der Waals surface area (Å²) in [6.45, 7) is 4.49. The van der Waals surface area contributed by atoms with E-state index in [1.54, 1.807) is 0 Å². The van der Waals surface area contributed by atoms with Gasteiger partial charge in [-0.1, -0.05) is 20.3 Å². The summed E-state index contributed by atoms with van der Waals surface area (Å²) in [6, 6.07) is 1.44. The van der Waals surface area contributed by atoms with Crippen LogP contribution in [0.2, 0.25) is 0 Å². The van der Waals surface area contributed by atoms with Crippen LogP contribution in [0.25, 0.3) is 0 Å². The lowest BCUT2D eigenvalue weighted by Gasteiger charge is -2.45. The van der Waals surface area contributed by atoms with Crippen LogP contribution < -0.4 is 5.32 Å². The molecule has 2 nitrogen and oxygen atoms in total. The lowest BCUT2D eigenvalue weighted by molar-refractivity contribution is 0.00383. The molecule has 0 aromatic rings. The van der Waals surface area contributed by atoms with Crippen LogP contribution in [0.5, 0.6) is 0 Å². The zero-order chi connectivity index (χ0) is 10.8. The highest BCUT2D eigenvalue weighted by atomic mass is 16.3. The van der Waals surface area contributed by atoms with Gasteiger partial charge in [0.05, 0.1) is 6.10 Å². The van der Waals surface area contributed by atoms with Crippen molar-refractivity contribution in [2.45, 2.75) is 70.6 Å². The fourth-order valence-electron chi connectivity index (χ4n) is 3.51. The smallest absolute Gasteiger partial charge is 0.0569 e. The molecular weight excluding hydrogens is 186 g/mol. The zero-order valence-electron chi connectivity index (χ0n) is 10.1. The number of rotatable bonds is 2. The van der Waals surface area contributed by atoms with Crippen LogP contribution in [-0.2, 0) is 0 Å². The number of nitrogens with one attached hydrogen (secondary N) is 1.